The lowest BCUT2D eigenvalue weighted by atomic mass is 10.0. The summed E-state index contributed by atoms with van der Waals surface area (Å²) in [5.41, 5.74) is 3.29. The van der Waals surface area contributed by atoms with Crippen molar-refractivity contribution in [3.8, 4) is 0 Å². The van der Waals surface area contributed by atoms with E-state index in [4.69, 9.17) is 14.2 Å². The largest absolute Gasteiger partial charge is 0.396 e. The Morgan fingerprint density at radius 2 is 1.80 bits per heavy atom. The lowest BCUT2D eigenvalue weighted by molar-refractivity contribution is -0.220. The van der Waals surface area contributed by atoms with E-state index in [1.165, 1.54) is 0 Å². The number of ether oxygens (including phenoxy) is 3. The summed E-state index contributed by atoms with van der Waals surface area (Å²) >= 11 is 0. The Morgan fingerprint density at radius 1 is 1.10 bits per heavy atom. The molecule has 0 amide bonds. The number of hydrogen-bond acceptors (Lipinski definition) is 4. The maximum atomic E-state index is 9.58. The Bertz CT molecular complexity index is 746. The highest BCUT2D eigenvalue weighted by molar-refractivity contribution is 5.19. The summed E-state index contributed by atoms with van der Waals surface area (Å²) < 4.78 is 18.5. The molecule has 1 saturated heterocycles. The summed E-state index contributed by atoms with van der Waals surface area (Å²) in [5.74, 6) is 0. The van der Waals surface area contributed by atoms with E-state index < -0.39 is 0 Å². The molecule has 1 aliphatic rings. The number of aliphatic hydroxyl groups excluding tert-OH is 1. The van der Waals surface area contributed by atoms with Crippen molar-refractivity contribution in [1.82, 2.24) is 0 Å². The van der Waals surface area contributed by atoms with Crippen LogP contribution in [0.3, 0.4) is 0 Å². The molecule has 2 aromatic carbocycles. The molecule has 4 heteroatoms. The third-order valence-electron chi connectivity index (χ3n) is 5.42. The topological polar surface area (TPSA) is 47.9 Å². The van der Waals surface area contributed by atoms with Crippen LogP contribution >= 0.6 is 0 Å². The lowest BCUT2D eigenvalue weighted by Gasteiger charge is -2.32. The molecule has 30 heavy (non-hydrogen) atoms. The highest BCUT2D eigenvalue weighted by Crippen LogP contribution is 2.31. The Labute approximate surface area is 180 Å². The van der Waals surface area contributed by atoms with Crippen molar-refractivity contribution in [2.75, 3.05) is 13.2 Å². The summed E-state index contributed by atoms with van der Waals surface area (Å²) in [4.78, 5) is 0. The molecule has 0 aromatic heterocycles. The zero-order valence-corrected chi connectivity index (χ0v) is 17.9. The second kappa shape index (κ2) is 12.0. The van der Waals surface area contributed by atoms with Gasteiger partial charge in [-0.15, -0.1) is 6.58 Å². The van der Waals surface area contributed by atoms with E-state index in [2.05, 4.69) is 18.7 Å². The normalized spacial score (nSPS) is 21.1. The Kier molecular flexibility index (Phi) is 9.09. The first-order valence-corrected chi connectivity index (χ1v) is 10.9. The predicted octanol–water partition coefficient (Wildman–Crippen LogP) is 5.75. The fourth-order valence-electron chi connectivity index (χ4n) is 3.84. The standard InChI is InChI=1S/C26H34O4/c1-20(2)19-25(21-9-5-3-6-10-21)29-23(15-17-27)13-14-24-16-18-28-26(30-24)22-11-7-4-8-12-22/h3-12,23-27H,1,13-19H2,2H3/t23-,24+,25?,26-/m1/s1. The summed E-state index contributed by atoms with van der Waals surface area (Å²) in [5, 5.41) is 9.58. The molecule has 162 valence electrons. The average molecular weight is 411 g/mol. The fraction of sp³-hybridized carbons (Fsp3) is 0.462. The summed E-state index contributed by atoms with van der Waals surface area (Å²) in [6.45, 7) is 6.90. The first-order chi connectivity index (χ1) is 14.7. The van der Waals surface area contributed by atoms with Crippen LogP contribution in [0.5, 0.6) is 0 Å². The van der Waals surface area contributed by atoms with Gasteiger partial charge in [0.25, 0.3) is 0 Å². The van der Waals surface area contributed by atoms with Gasteiger partial charge in [-0.25, -0.2) is 0 Å². The number of benzene rings is 2. The van der Waals surface area contributed by atoms with E-state index in [-0.39, 0.29) is 31.2 Å². The van der Waals surface area contributed by atoms with Gasteiger partial charge in [0.15, 0.2) is 6.29 Å². The minimum Gasteiger partial charge on any atom is -0.396 e. The van der Waals surface area contributed by atoms with Gasteiger partial charge in [-0.1, -0.05) is 66.2 Å². The molecule has 0 spiro atoms. The second-order valence-corrected chi connectivity index (χ2v) is 8.07. The smallest absolute Gasteiger partial charge is 0.184 e. The van der Waals surface area contributed by atoms with Gasteiger partial charge in [0.2, 0.25) is 0 Å². The van der Waals surface area contributed by atoms with E-state index in [0.29, 0.717) is 13.0 Å². The van der Waals surface area contributed by atoms with Gasteiger partial charge in [0.05, 0.1) is 24.9 Å². The minimum atomic E-state index is -0.303. The van der Waals surface area contributed by atoms with Gasteiger partial charge in [0.1, 0.15) is 0 Å². The van der Waals surface area contributed by atoms with Crippen LogP contribution in [-0.2, 0) is 14.2 Å². The van der Waals surface area contributed by atoms with Gasteiger partial charge in [-0.2, -0.15) is 0 Å². The average Bonchev–Trinajstić information content (AvgIpc) is 2.78. The van der Waals surface area contributed by atoms with E-state index in [1.54, 1.807) is 0 Å². The van der Waals surface area contributed by atoms with E-state index >= 15 is 0 Å². The first kappa shape index (κ1) is 22.7. The van der Waals surface area contributed by atoms with Gasteiger partial charge >= 0.3 is 0 Å². The van der Waals surface area contributed by atoms with Crippen LogP contribution in [0.15, 0.2) is 72.8 Å². The quantitative estimate of drug-likeness (QED) is 0.480. The van der Waals surface area contributed by atoms with E-state index in [0.717, 1.165) is 42.4 Å². The minimum absolute atomic E-state index is 0.0267. The molecule has 2 aromatic rings. The number of rotatable bonds is 11. The summed E-state index contributed by atoms with van der Waals surface area (Å²) in [6, 6.07) is 20.3. The highest BCUT2D eigenvalue weighted by Gasteiger charge is 2.26. The molecular weight excluding hydrogens is 376 g/mol. The maximum Gasteiger partial charge on any atom is 0.184 e. The zero-order valence-electron chi connectivity index (χ0n) is 17.9. The lowest BCUT2D eigenvalue weighted by Crippen LogP contribution is -2.29. The van der Waals surface area contributed by atoms with Gasteiger partial charge < -0.3 is 19.3 Å². The predicted molar refractivity (Wildman–Crippen MR) is 119 cm³/mol. The molecule has 1 aliphatic heterocycles. The van der Waals surface area contributed by atoms with Crippen LogP contribution in [0.2, 0.25) is 0 Å². The monoisotopic (exact) mass is 410 g/mol. The van der Waals surface area contributed by atoms with Crippen LogP contribution in [0.4, 0.5) is 0 Å². The van der Waals surface area contributed by atoms with Crippen LogP contribution < -0.4 is 0 Å². The van der Waals surface area contributed by atoms with Crippen molar-refractivity contribution in [2.45, 2.75) is 63.6 Å². The molecule has 0 radical (unpaired) electrons. The Balaban J connectivity index is 1.58. The molecule has 1 fully saturated rings. The number of hydrogen-bond donors (Lipinski definition) is 1. The SMILES string of the molecule is C=C(C)CC(O[C@@H](CCO)CC[C@H]1CCO[C@@H](c2ccccc2)O1)c1ccccc1. The van der Waals surface area contributed by atoms with Crippen molar-refractivity contribution < 1.29 is 19.3 Å². The van der Waals surface area contributed by atoms with E-state index in [1.807, 2.05) is 55.5 Å². The molecule has 3 rings (SSSR count). The third-order valence-corrected chi connectivity index (χ3v) is 5.42. The van der Waals surface area contributed by atoms with Crippen LogP contribution in [0.1, 0.15) is 62.5 Å². The van der Waals surface area contributed by atoms with E-state index in [9.17, 15) is 5.11 Å². The molecule has 1 N–H and O–H groups in total. The molecule has 0 saturated carbocycles. The molecule has 4 atom stereocenters. The van der Waals surface area contributed by atoms with Crippen LogP contribution in [0, 0.1) is 0 Å². The molecule has 4 nitrogen and oxygen atoms in total. The van der Waals surface area contributed by atoms with Crippen molar-refractivity contribution in [1.29, 1.82) is 0 Å². The number of aliphatic hydroxyl groups is 1. The van der Waals surface area contributed by atoms with Crippen molar-refractivity contribution >= 4 is 0 Å². The van der Waals surface area contributed by atoms with Crippen LogP contribution in [0.25, 0.3) is 0 Å². The maximum absolute atomic E-state index is 9.58. The molecular formula is C26H34O4. The summed E-state index contributed by atoms with van der Waals surface area (Å²) in [7, 11) is 0. The first-order valence-electron chi connectivity index (χ1n) is 10.9. The summed E-state index contributed by atoms with van der Waals surface area (Å²) in [6.07, 6.45) is 3.74. The van der Waals surface area contributed by atoms with Gasteiger partial charge in [-0.3, -0.25) is 0 Å². The fourth-order valence-corrected chi connectivity index (χ4v) is 3.84. The van der Waals surface area contributed by atoms with Gasteiger partial charge in [0, 0.05) is 12.2 Å². The Morgan fingerprint density at radius 3 is 2.47 bits per heavy atom. The Hall–Kier alpha value is -1.98. The van der Waals surface area contributed by atoms with Gasteiger partial charge in [-0.05, 0) is 44.6 Å². The van der Waals surface area contributed by atoms with Crippen LogP contribution in [-0.4, -0.2) is 30.5 Å². The second-order valence-electron chi connectivity index (χ2n) is 8.07. The molecule has 1 unspecified atom stereocenters. The highest BCUT2D eigenvalue weighted by atomic mass is 16.7. The molecule has 1 heterocycles. The molecule has 0 aliphatic carbocycles. The van der Waals surface area contributed by atoms with Crippen molar-refractivity contribution in [3.63, 3.8) is 0 Å². The van der Waals surface area contributed by atoms with Crippen molar-refractivity contribution in [2.24, 2.45) is 0 Å². The molecule has 0 bridgehead atoms. The third kappa shape index (κ3) is 7.06. The zero-order chi connectivity index (χ0) is 21.2. The van der Waals surface area contributed by atoms with Crippen molar-refractivity contribution in [3.05, 3.63) is 83.9 Å².